The first-order valence-electron chi connectivity index (χ1n) is 9.98. The Hall–Kier alpha value is -2.03. The maximum atomic E-state index is 12.7. The molecule has 0 aromatic rings. The third-order valence-corrected chi connectivity index (χ3v) is 5.37. The van der Waals surface area contributed by atoms with E-state index < -0.39 is 60.2 Å². The van der Waals surface area contributed by atoms with Gasteiger partial charge in [-0.3, -0.25) is 19.2 Å². The van der Waals surface area contributed by atoms with Gasteiger partial charge in [-0.05, 0) is 44.2 Å². The SMILES string of the molecule is CSCCC(N)C(=O)NC(CC(=O)O)C(=O)NC(CCCCN)C(=O)NC(CS)C(=O)O. The molecular formula is C18H33N5O7S2. The van der Waals surface area contributed by atoms with Crippen LogP contribution in [0.3, 0.4) is 0 Å². The lowest BCUT2D eigenvalue weighted by atomic mass is 10.1. The molecule has 0 aromatic carbocycles. The summed E-state index contributed by atoms with van der Waals surface area (Å²) in [6, 6.07) is -4.83. The van der Waals surface area contributed by atoms with E-state index >= 15 is 0 Å². The molecule has 0 aliphatic carbocycles. The number of hydrogen-bond acceptors (Lipinski definition) is 9. The number of thioether (sulfide) groups is 1. The monoisotopic (exact) mass is 495 g/mol. The Bertz CT molecular complexity index is 653. The van der Waals surface area contributed by atoms with Crippen molar-refractivity contribution in [3.8, 4) is 0 Å². The Morgan fingerprint density at radius 3 is 1.97 bits per heavy atom. The fourth-order valence-electron chi connectivity index (χ4n) is 2.53. The van der Waals surface area contributed by atoms with Gasteiger partial charge in [0.05, 0.1) is 12.5 Å². The lowest BCUT2D eigenvalue weighted by molar-refractivity contribution is -0.142. The van der Waals surface area contributed by atoms with Gasteiger partial charge >= 0.3 is 11.9 Å². The molecule has 9 N–H and O–H groups in total. The van der Waals surface area contributed by atoms with Gasteiger partial charge in [-0.25, -0.2) is 4.79 Å². The molecule has 3 amide bonds. The molecule has 0 radical (unpaired) electrons. The van der Waals surface area contributed by atoms with E-state index in [0.717, 1.165) is 0 Å². The summed E-state index contributed by atoms with van der Waals surface area (Å²) in [6.45, 7) is 0.350. The zero-order chi connectivity index (χ0) is 24.7. The van der Waals surface area contributed by atoms with E-state index in [1.807, 2.05) is 6.26 Å². The Labute approximate surface area is 196 Å². The molecule has 0 aromatic heterocycles. The molecule has 184 valence electrons. The molecule has 0 aliphatic rings. The predicted octanol–water partition coefficient (Wildman–Crippen LogP) is -1.86. The van der Waals surface area contributed by atoms with Crippen LogP contribution in [0.4, 0.5) is 0 Å². The molecule has 0 aliphatic heterocycles. The lowest BCUT2D eigenvalue weighted by Crippen LogP contribution is -2.57. The third kappa shape index (κ3) is 12.1. The quantitative estimate of drug-likeness (QED) is 0.0831. The normalized spacial score (nSPS) is 14.5. The summed E-state index contributed by atoms with van der Waals surface area (Å²) < 4.78 is 0. The van der Waals surface area contributed by atoms with Crippen LogP contribution < -0.4 is 27.4 Å². The van der Waals surface area contributed by atoms with E-state index in [0.29, 0.717) is 31.6 Å². The summed E-state index contributed by atoms with van der Waals surface area (Å²) in [5.74, 6) is -4.56. The largest absolute Gasteiger partial charge is 0.481 e. The summed E-state index contributed by atoms with van der Waals surface area (Å²) in [4.78, 5) is 59.9. The summed E-state index contributed by atoms with van der Waals surface area (Å²) in [5.41, 5.74) is 11.2. The van der Waals surface area contributed by atoms with Crippen molar-refractivity contribution in [1.82, 2.24) is 16.0 Å². The van der Waals surface area contributed by atoms with Gasteiger partial charge in [-0.15, -0.1) is 0 Å². The van der Waals surface area contributed by atoms with Crippen molar-refractivity contribution < 1.29 is 34.2 Å². The van der Waals surface area contributed by atoms with Crippen LogP contribution >= 0.6 is 24.4 Å². The summed E-state index contributed by atoms with van der Waals surface area (Å²) >= 11 is 5.36. The van der Waals surface area contributed by atoms with Crippen LogP contribution in [0.2, 0.25) is 0 Å². The van der Waals surface area contributed by atoms with E-state index in [4.69, 9.17) is 21.7 Å². The summed E-state index contributed by atoms with van der Waals surface area (Å²) in [7, 11) is 0. The number of nitrogens with one attached hydrogen (secondary N) is 3. The summed E-state index contributed by atoms with van der Waals surface area (Å²) in [6.07, 6.45) is 2.58. The number of unbranched alkanes of at least 4 members (excludes halogenated alkanes) is 1. The number of carboxylic acids is 2. The highest BCUT2D eigenvalue weighted by Gasteiger charge is 2.31. The molecule has 32 heavy (non-hydrogen) atoms. The number of amides is 3. The molecule has 0 saturated heterocycles. The van der Waals surface area contributed by atoms with Crippen molar-refractivity contribution in [2.24, 2.45) is 11.5 Å². The van der Waals surface area contributed by atoms with Gasteiger partial charge in [0.1, 0.15) is 18.1 Å². The predicted molar refractivity (Wildman–Crippen MR) is 123 cm³/mol. The number of carbonyl (C=O) groups excluding carboxylic acids is 3. The zero-order valence-electron chi connectivity index (χ0n) is 17.9. The molecule has 4 atom stereocenters. The van der Waals surface area contributed by atoms with Crippen LogP contribution in [-0.4, -0.2) is 88.3 Å². The average molecular weight is 496 g/mol. The molecule has 12 nitrogen and oxygen atoms in total. The minimum atomic E-state index is -1.47. The second-order valence-electron chi connectivity index (χ2n) is 6.97. The molecular weight excluding hydrogens is 462 g/mol. The third-order valence-electron chi connectivity index (χ3n) is 4.36. The van der Waals surface area contributed by atoms with Crippen molar-refractivity contribution in [1.29, 1.82) is 0 Å². The maximum absolute atomic E-state index is 12.7. The minimum Gasteiger partial charge on any atom is -0.481 e. The Kier molecular flexibility index (Phi) is 15.5. The maximum Gasteiger partial charge on any atom is 0.327 e. The van der Waals surface area contributed by atoms with E-state index in [1.165, 1.54) is 11.8 Å². The molecule has 4 unspecified atom stereocenters. The van der Waals surface area contributed by atoms with E-state index in [1.54, 1.807) is 0 Å². The number of aliphatic carboxylic acids is 2. The van der Waals surface area contributed by atoms with Crippen LogP contribution in [0.15, 0.2) is 0 Å². The molecule has 0 bridgehead atoms. The molecule has 14 heteroatoms. The van der Waals surface area contributed by atoms with Gasteiger partial charge in [0.25, 0.3) is 0 Å². The van der Waals surface area contributed by atoms with Gasteiger partial charge in [-0.1, -0.05) is 0 Å². The van der Waals surface area contributed by atoms with Gasteiger partial charge < -0.3 is 37.6 Å². The Morgan fingerprint density at radius 2 is 1.47 bits per heavy atom. The first-order valence-corrected chi connectivity index (χ1v) is 12.0. The van der Waals surface area contributed by atoms with Gasteiger partial charge in [0.15, 0.2) is 0 Å². The second-order valence-corrected chi connectivity index (χ2v) is 8.33. The number of rotatable bonds is 17. The molecule has 0 saturated carbocycles. The van der Waals surface area contributed by atoms with Gasteiger partial charge in [0.2, 0.25) is 17.7 Å². The van der Waals surface area contributed by atoms with Crippen molar-refractivity contribution in [3.63, 3.8) is 0 Å². The van der Waals surface area contributed by atoms with Crippen LogP contribution in [0, 0.1) is 0 Å². The van der Waals surface area contributed by atoms with Crippen molar-refractivity contribution >= 4 is 54.1 Å². The lowest BCUT2D eigenvalue weighted by Gasteiger charge is -2.24. The molecule has 0 heterocycles. The van der Waals surface area contributed by atoms with Crippen LogP contribution in [-0.2, 0) is 24.0 Å². The highest BCUT2D eigenvalue weighted by molar-refractivity contribution is 7.98. The smallest absolute Gasteiger partial charge is 0.327 e. The first-order chi connectivity index (χ1) is 15.1. The number of thiol groups is 1. The highest BCUT2D eigenvalue weighted by atomic mass is 32.2. The molecule has 0 spiro atoms. The second kappa shape index (κ2) is 16.6. The van der Waals surface area contributed by atoms with Gasteiger partial charge in [-0.2, -0.15) is 24.4 Å². The molecule has 0 rings (SSSR count). The standard InChI is InChI=1S/C18H33N5O7S2/c1-32-7-5-10(20)15(26)22-12(8-14(24)25)17(28)21-11(4-2-3-6-19)16(27)23-13(9-31)18(29)30/h10-13,31H,2-9,19-20H2,1H3,(H,21,28)(H,22,26)(H,23,27)(H,24,25)(H,29,30). The zero-order valence-corrected chi connectivity index (χ0v) is 19.6. The molecule has 0 fully saturated rings. The van der Waals surface area contributed by atoms with Crippen molar-refractivity contribution in [2.75, 3.05) is 24.3 Å². The topological polar surface area (TPSA) is 214 Å². The van der Waals surface area contributed by atoms with Crippen molar-refractivity contribution in [2.45, 2.75) is 56.3 Å². The fraction of sp³-hybridized carbons (Fsp3) is 0.722. The van der Waals surface area contributed by atoms with Gasteiger partial charge in [0, 0.05) is 5.75 Å². The van der Waals surface area contributed by atoms with E-state index in [2.05, 4.69) is 28.6 Å². The summed E-state index contributed by atoms with van der Waals surface area (Å²) in [5, 5.41) is 25.2. The number of carboxylic acid groups (broad SMARTS) is 2. The fourth-order valence-corrected chi connectivity index (χ4v) is 3.27. The van der Waals surface area contributed by atoms with Crippen LogP contribution in [0.1, 0.15) is 32.1 Å². The Balaban J connectivity index is 5.38. The van der Waals surface area contributed by atoms with Crippen molar-refractivity contribution in [3.05, 3.63) is 0 Å². The van der Waals surface area contributed by atoms with Crippen LogP contribution in [0.25, 0.3) is 0 Å². The number of nitrogens with two attached hydrogens (primary N) is 2. The minimum absolute atomic E-state index is 0.134. The Morgan fingerprint density at radius 1 is 0.906 bits per heavy atom. The first kappa shape index (κ1) is 30.0. The van der Waals surface area contributed by atoms with E-state index in [-0.39, 0.29) is 12.2 Å². The van der Waals surface area contributed by atoms with E-state index in [9.17, 15) is 24.0 Å². The number of carbonyl (C=O) groups is 5. The highest BCUT2D eigenvalue weighted by Crippen LogP contribution is 2.05. The number of hydrogen-bond donors (Lipinski definition) is 8. The average Bonchev–Trinajstić information content (AvgIpc) is 2.73. The van der Waals surface area contributed by atoms with Crippen LogP contribution in [0.5, 0.6) is 0 Å².